The van der Waals surface area contributed by atoms with E-state index in [1.54, 1.807) is 0 Å². The van der Waals surface area contributed by atoms with Crippen LogP contribution in [0.15, 0.2) is 24.3 Å². The van der Waals surface area contributed by atoms with Crippen LogP contribution >= 0.6 is 0 Å². The number of aliphatic hydroxyl groups excluding tert-OH is 2. The van der Waals surface area contributed by atoms with Crippen molar-refractivity contribution in [1.29, 1.82) is 0 Å². The minimum Gasteiger partial charge on any atom is -0.478 e. The standard InChI is InChI=1S/C9H12O6/c1-6(2-3-8(12)13)9(14)15-5-7(11)4-10/h2-3,7,10-11H,1,4-5H2,(H,12,13). The zero-order chi connectivity index (χ0) is 11.8. The first-order valence-corrected chi connectivity index (χ1v) is 4.03. The van der Waals surface area contributed by atoms with E-state index in [4.69, 9.17) is 15.3 Å². The highest BCUT2D eigenvalue weighted by Crippen LogP contribution is 1.98. The maximum absolute atomic E-state index is 11.0. The van der Waals surface area contributed by atoms with Gasteiger partial charge in [0.25, 0.3) is 0 Å². The molecule has 0 heterocycles. The number of hydrogen-bond acceptors (Lipinski definition) is 5. The van der Waals surface area contributed by atoms with Gasteiger partial charge in [0.1, 0.15) is 12.7 Å². The molecule has 0 aliphatic heterocycles. The lowest BCUT2D eigenvalue weighted by Gasteiger charge is -2.07. The summed E-state index contributed by atoms with van der Waals surface area (Å²) in [6.07, 6.45) is 0.576. The molecule has 3 N–H and O–H groups in total. The van der Waals surface area contributed by atoms with Gasteiger partial charge in [-0.1, -0.05) is 6.58 Å². The van der Waals surface area contributed by atoms with E-state index >= 15 is 0 Å². The molecule has 0 saturated carbocycles. The maximum Gasteiger partial charge on any atom is 0.337 e. The van der Waals surface area contributed by atoms with Crippen molar-refractivity contribution in [3.05, 3.63) is 24.3 Å². The van der Waals surface area contributed by atoms with Crippen molar-refractivity contribution < 1.29 is 29.6 Å². The molecular weight excluding hydrogens is 204 g/mol. The fraction of sp³-hybridized carbons (Fsp3) is 0.333. The zero-order valence-corrected chi connectivity index (χ0v) is 7.92. The van der Waals surface area contributed by atoms with E-state index in [0.29, 0.717) is 0 Å². The second kappa shape index (κ2) is 6.74. The molecule has 1 unspecified atom stereocenters. The van der Waals surface area contributed by atoms with Crippen LogP contribution in [0.25, 0.3) is 0 Å². The second-order valence-corrected chi connectivity index (χ2v) is 2.63. The molecule has 0 aromatic heterocycles. The van der Waals surface area contributed by atoms with Gasteiger partial charge >= 0.3 is 11.9 Å². The molecular formula is C9H12O6. The van der Waals surface area contributed by atoms with Crippen molar-refractivity contribution in [2.75, 3.05) is 13.2 Å². The van der Waals surface area contributed by atoms with E-state index in [-0.39, 0.29) is 12.2 Å². The van der Waals surface area contributed by atoms with Crippen LogP contribution in [-0.2, 0) is 14.3 Å². The Kier molecular flexibility index (Phi) is 6.00. The molecule has 6 nitrogen and oxygen atoms in total. The van der Waals surface area contributed by atoms with Crippen molar-refractivity contribution in [2.45, 2.75) is 6.10 Å². The van der Waals surface area contributed by atoms with Crippen LogP contribution < -0.4 is 0 Å². The summed E-state index contributed by atoms with van der Waals surface area (Å²) in [4.78, 5) is 21.1. The smallest absolute Gasteiger partial charge is 0.337 e. The average Bonchev–Trinajstić information content (AvgIpc) is 2.21. The molecule has 15 heavy (non-hydrogen) atoms. The van der Waals surface area contributed by atoms with Gasteiger partial charge < -0.3 is 20.1 Å². The summed E-state index contributed by atoms with van der Waals surface area (Å²) < 4.78 is 4.50. The van der Waals surface area contributed by atoms with Gasteiger partial charge in [-0.3, -0.25) is 0 Å². The highest BCUT2D eigenvalue weighted by Gasteiger charge is 2.09. The molecule has 1 atom stereocenters. The fourth-order valence-electron chi connectivity index (χ4n) is 0.557. The monoisotopic (exact) mass is 216 g/mol. The Morgan fingerprint density at radius 2 is 2.00 bits per heavy atom. The number of esters is 1. The van der Waals surface area contributed by atoms with E-state index in [0.717, 1.165) is 12.2 Å². The molecule has 84 valence electrons. The number of carboxylic acid groups (broad SMARTS) is 1. The number of carbonyl (C=O) groups excluding carboxylic acids is 1. The normalized spacial score (nSPS) is 12.4. The number of ether oxygens (including phenoxy) is 1. The molecule has 0 rings (SSSR count). The second-order valence-electron chi connectivity index (χ2n) is 2.63. The van der Waals surface area contributed by atoms with E-state index in [9.17, 15) is 9.59 Å². The topological polar surface area (TPSA) is 104 Å². The molecule has 0 fully saturated rings. The van der Waals surface area contributed by atoms with Crippen molar-refractivity contribution in [1.82, 2.24) is 0 Å². The Balaban J connectivity index is 4.00. The summed E-state index contributed by atoms with van der Waals surface area (Å²) in [6, 6.07) is 0. The van der Waals surface area contributed by atoms with E-state index < -0.39 is 24.6 Å². The van der Waals surface area contributed by atoms with Crippen LogP contribution in [0.1, 0.15) is 0 Å². The van der Waals surface area contributed by atoms with Crippen molar-refractivity contribution in [3.8, 4) is 0 Å². The van der Waals surface area contributed by atoms with Crippen LogP contribution in [0.2, 0.25) is 0 Å². The van der Waals surface area contributed by atoms with Gasteiger partial charge in [0.05, 0.1) is 12.2 Å². The molecule has 0 aromatic carbocycles. The number of rotatable bonds is 6. The van der Waals surface area contributed by atoms with Crippen LogP contribution in [0.3, 0.4) is 0 Å². The largest absolute Gasteiger partial charge is 0.478 e. The third-order valence-corrected chi connectivity index (χ3v) is 1.31. The molecule has 0 saturated heterocycles. The molecule has 0 aliphatic carbocycles. The molecule has 0 amide bonds. The minimum atomic E-state index is -1.21. The highest BCUT2D eigenvalue weighted by molar-refractivity contribution is 5.93. The van der Waals surface area contributed by atoms with Gasteiger partial charge in [-0.05, 0) is 6.08 Å². The lowest BCUT2D eigenvalue weighted by Crippen LogP contribution is -2.22. The van der Waals surface area contributed by atoms with Gasteiger partial charge in [-0.25, -0.2) is 9.59 Å². The first-order chi connectivity index (χ1) is 6.97. The van der Waals surface area contributed by atoms with Gasteiger partial charge in [0.2, 0.25) is 0 Å². The maximum atomic E-state index is 11.0. The number of carboxylic acids is 1. The quantitative estimate of drug-likeness (QED) is 0.301. The van der Waals surface area contributed by atoms with Gasteiger partial charge in [-0.2, -0.15) is 0 Å². The van der Waals surface area contributed by atoms with E-state index in [2.05, 4.69) is 11.3 Å². The molecule has 0 aliphatic rings. The van der Waals surface area contributed by atoms with E-state index in [1.165, 1.54) is 0 Å². The summed E-state index contributed by atoms with van der Waals surface area (Å²) in [6.45, 7) is 2.37. The number of aliphatic carboxylic acids is 1. The first kappa shape index (κ1) is 13.3. The Labute approximate surface area is 86.1 Å². The third kappa shape index (κ3) is 6.42. The number of hydrogen-bond donors (Lipinski definition) is 3. The molecule has 6 heteroatoms. The number of aliphatic hydroxyl groups is 2. The van der Waals surface area contributed by atoms with Crippen molar-refractivity contribution in [3.63, 3.8) is 0 Å². The lowest BCUT2D eigenvalue weighted by molar-refractivity contribution is -0.142. The predicted octanol–water partition coefficient (Wildman–Crippen LogP) is -0.920. The summed E-state index contributed by atoms with van der Waals surface area (Å²) in [7, 11) is 0. The van der Waals surface area contributed by atoms with Gasteiger partial charge in [0.15, 0.2) is 0 Å². The number of carbonyl (C=O) groups is 2. The molecule has 0 bridgehead atoms. The SMILES string of the molecule is C=C(C=CC(=O)O)C(=O)OCC(O)CO. The lowest BCUT2D eigenvalue weighted by atomic mass is 10.3. The summed E-state index contributed by atoms with van der Waals surface area (Å²) in [5.74, 6) is -2.06. The van der Waals surface area contributed by atoms with Crippen LogP contribution in [0.4, 0.5) is 0 Å². The Morgan fingerprint density at radius 1 is 1.40 bits per heavy atom. The zero-order valence-electron chi connectivity index (χ0n) is 7.92. The molecule has 0 spiro atoms. The average molecular weight is 216 g/mol. The van der Waals surface area contributed by atoms with Crippen LogP contribution in [0.5, 0.6) is 0 Å². The van der Waals surface area contributed by atoms with Crippen molar-refractivity contribution in [2.24, 2.45) is 0 Å². The van der Waals surface area contributed by atoms with E-state index in [1.807, 2.05) is 0 Å². The molecule has 0 aromatic rings. The van der Waals surface area contributed by atoms with Crippen LogP contribution in [0, 0.1) is 0 Å². The van der Waals surface area contributed by atoms with Gasteiger partial charge in [0, 0.05) is 6.08 Å². The minimum absolute atomic E-state index is 0.150. The summed E-state index contributed by atoms with van der Waals surface area (Å²) in [5.41, 5.74) is -0.150. The van der Waals surface area contributed by atoms with Crippen LogP contribution in [-0.4, -0.2) is 46.6 Å². The highest BCUT2D eigenvalue weighted by atomic mass is 16.5. The Morgan fingerprint density at radius 3 is 2.47 bits per heavy atom. The predicted molar refractivity (Wildman–Crippen MR) is 50.0 cm³/mol. The first-order valence-electron chi connectivity index (χ1n) is 4.03. The van der Waals surface area contributed by atoms with Crippen molar-refractivity contribution >= 4 is 11.9 Å². The van der Waals surface area contributed by atoms with Gasteiger partial charge in [-0.15, -0.1) is 0 Å². The fourth-order valence-corrected chi connectivity index (χ4v) is 0.557. The third-order valence-electron chi connectivity index (χ3n) is 1.31. The Bertz CT molecular complexity index is 280. The summed E-state index contributed by atoms with van der Waals surface area (Å²) >= 11 is 0. The Hall–Kier alpha value is -1.66. The molecule has 0 radical (unpaired) electrons. The summed E-state index contributed by atoms with van der Waals surface area (Å²) in [5, 5.41) is 25.5.